The minimum absolute atomic E-state index is 0.169. The largest absolute Gasteiger partial charge is 0.483 e. The van der Waals surface area contributed by atoms with E-state index in [4.69, 9.17) is 32.7 Å². The van der Waals surface area contributed by atoms with E-state index in [2.05, 4.69) is 10.6 Å². The second kappa shape index (κ2) is 11.2. The van der Waals surface area contributed by atoms with Crippen LogP contribution in [0.25, 0.3) is 0 Å². The lowest BCUT2D eigenvalue weighted by Gasteiger charge is -2.16. The lowest BCUT2D eigenvalue weighted by atomic mass is 10.0. The van der Waals surface area contributed by atoms with Gasteiger partial charge >= 0.3 is 0 Å². The van der Waals surface area contributed by atoms with Gasteiger partial charge in [0.25, 0.3) is 11.8 Å². The Morgan fingerprint density at radius 1 is 1.10 bits per heavy atom. The maximum Gasteiger partial charge on any atom is 0.262 e. The summed E-state index contributed by atoms with van der Waals surface area (Å²) in [7, 11) is 1.55. The van der Waals surface area contributed by atoms with Gasteiger partial charge in [-0.25, -0.2) is 0 Å². The van der Waals surface area contributed by atoms with E-state index in [0.29, 0.717) is 35.2 Å². The summed E-state index contributed by atoms with van der Waals surface area (Å²) in [5, 5.41) is 6.32. The van der Waals surface area contributed by atoms with Crippen molar-refractivity contribution in [3.05, 3.63) is 57.1 Å². The van der Waals surface area contributed by atoms with Gasteiger partial charge in [-0.1, -0.05) is 37.0 Å². The van der Waals surface area contributed by atoms with Gasteiger partial charge in [0, 0.05) is 24.4 Å². The van der Waals surface area contributed by atoms with Crippen LogP contribution in [0.3, 0.4) is 0 Å². The maximum atomic E-state index is 12.3. The zero-order chi connectivity index (χ0) is 22.3. The van der Waals surface area contributed by atoms with E-state index in [9.17, 15) is 9.59 Å². The normalized spacial score (nSPS) is 10.8. The number of hydrogen-bond acceptors (Lipinski definition) is 4. The van der Waals surface area contributed by atoms with Crippen LogP contribution in [0.5, 0.6) is 5.75 Å². The number of anilines is 1. The van der Waals surface area contributed by atoms with Gasteiger partial charge in [0.1, 0.15) is 5.75 Å². The quantitative estimate of drug-likeness (QED) is 0.534. The Labute approximate surface area is 186 Å². The Morgan fingerprint density at radius 3 is 2.47 bits per heavy atom. The molecule has 162 valence electrons. The summed E-state index contributed by atoms with van der Waals surface area (Å²) < 4.78 is 10.6. The van der Waals surface area contributed by atoms with E-state index in [1.54, 1.807) is 19.2 Å². The fourth-order valence-electron chi connectivity index (χ4n) is 2.73. The molecule has 0 unspecified atom stereocenters. The molecule has 0 aromatic heterocycles. The van der Waals surface area contributed by atoms with Crippen LogP contribution in [-0.2, 0) is 9.53 Å². The lowest BCUT2D eigenvalue weighted by molar-refractivity contribution is -0.118. The monoisotopic (exact) mass is 452 g/mol. The number of aryl methyl sites for hydroxylation is 1. The summed E-state index contributed by atoms with van der Waals surface area (Å²) >= 11 is 12.4. The number of carbonyl (C=O) groups is 2. The first-order valence-corrected chi connectivity index (χ1v) is 10.3. The molecule has 2 amide bonds. The highest BCUT2D eigenvalue weighted by molar-refractivity contribution is 6.34. The standard InChI is InChI=1S/C22H26Cl2N2O4/c1-13(2)17-11-18(23)14(3)9-20(17)30-12-21(27)26-15-5-6-16(19(24)10-15)22(28)25-7-8-29-4/h5-6,9-11,13H,7-8,12H2,1-4H3,(H,25,28)(H,26,27). The highest BCUT2D eigenvalue weighted by Gasteiger charge is 2.14. The fourth-order valence-corrected chi connectivity index (χ4v) is 3.16. The summed E-state index contributed by atoms with van der Waals surface area (Å²) in [5.41, 5.74) is 2.60. The molecule has 0 saturated heterocycles. The molecule has 30 heavy (non-hydrogen) atoms. The summed E-state index contributed by atoms with van der Waals surface area (Å²) in [6.07, 6.45) is 0. The zero-order valence-corrected chi connectivity index (χ0v) is 19.0. The molecule has 2 rings (SSSR count). The highest BCUT2D eigenvalue weighted by Crippen LogP contribution is 2.32. The molecule has 0 aliphatic heterocycles. The van der Waals surface area contributed by atoms with E-state index in [1.807, 2.05) is 32.9 Å². The van der Waals surface area contributed by atoms with Gasteiger partial charge in [-0.15, -0.1) is 0 Å². The van der Waals surface area contributed by atoms with Crippen LogP contribution in [-0.4, -0.2) is 38.7 Å². The fraction of sp³-hybridized carbons (Fsp3) is 0.364. The van der Waals surface area contributed by atoms with Crippen LogP contribution >= 0.6 is 23.2 Å². The minimum Gasteiger partial charge on any atom is -0.483 e. The van der Waals surface area contributed by atoms with Crippen LogP contribution in [0.4, 0.5) is 5.69 Å². The number of methoxy groups -OCH3 is 1. The molecule has 6 nitrogen and oxygen atoms in total. The predicted octanol–water partition coefficient (Wildman–Crippen LogP) is 4.82. The molecule has 0 atom stereocenters. The van der Waals surface area contributed by atoms with Crippen LogP contribution < -0.4 is 15.4 Å². The van der Waals surface area contributed by atoms with Gasteiger partial charge < -0.3 is 20.1 Å². The number of hydrogen-bond donors (Lipinski definition) is 2. The molecule has 0 aliphatic rings. The van der Waals surface area contributed by atoms with Crippen molar-refractivity contribution in [3.8, 4) is 5.75 Å². The van der Waals surface area contributed by atoms with E-state index in [-0.39, 0.29) is 29.4 Å². The Hall–Kier alpha value is -2.28. The number of carbonyl (C=O) groups excluding carboxylic acids is 2. The number of rotatable bonds is 9. The van der Waals surface area contributed by atoms with Crippen molar-refractivity contribution >= 4 is 40.7 Å². The number of nitrogens with one attached hydrogen (secondary N) is 2. The molecule has 0 saturated carbocycles. The van der Waals surface area contributed by atoms with E-state index in [1.165, 1.54) is 6.07 Å². The number of ether oxygens (including phenoxy) is 2. The summed E-state index contributed by atoms with van der Waals surface area (Å²) in [4.78, 5) is 24.4. The molecule has 2 aromatic carbocycles. The van der Waals surface area contributed by atoms with Crippen molar-refractivity contribution in [3.63, 3.8) is 0 Å². The summed E-state index contributed by atoms with van der Waals surface area (Å²) in [5.74, 6) is 0.175. The van der Waals surface area contributed by atoms with Crippen molar-refractivity contribution < 1.29 is 19.1 Å². The molecule has 0 spiro atoms. The van der Waals surface area contributed by atoms with Gasteiger partial charge in [-0.2, -0.15) is 0 Å². The number of benzene rings is 2. The Morgan fingerprint density at radius 2 is 1.83 bits per heavy atom. The summed E-state index contributed by atoms with van der Waals surface area (Å²) in [6.45, 7) is 6.56. The second-order valence-corrected chi connectivity index (χ2v) is 7.89. The molecular weight excluding hydrogens is 427 g/mol. The molecule has 0 radical (unpaired) electrons. The van der Waals surface area contributed by atoms with E-state index >= 15 is 0 Å². The molecule has 2 aromatic rings. The van der Waals surface area contributed by atoms with Gasteiger partial charge in [0.15, 0.2) is 6.61 Å². The zero-order valence-electron chi connectivity index (χ0n) is 17.5. The Bertz CT molecular complexity index is 916. The van der Waals surface area contributed by atoms with Crippen molar-refractivity contribution in [2.45, 2.75) is 26.7 Å². The molecule has 0 aliphatic carbocycles. The number of halogens is 2. The number of amides is 2. The summed E-state index contributed by atoms with van der Waals surface area (Å²) in [6, 6.07) is 8.39. The van der Waals surface area contributed by atoms with Crippen LogP contribution in [0.2, 0.25) is 10.0 Å². The molecular formula is C22H26Cl2N2O4. The topological polar surface area (TPSA) is 76.7 Å². The average Bonchev–Trinajstić information content (AvgIpc) is 2.68. The van der Waals surface area contributed by atoms with Crippen molar-refractivity contribution in [1.29, 1.82) is 0 Å². The lowest BCUT2D eigenvalue weighted by Crippen LogP contribution is -2.27. The van der Waals surface area contributed by atoms with Gasteiger partial charge in [0.2, 0.25) is 0 Å². The van der Waals surface area contributed by atoms with Crippen LogP contribution in [0, 0.1) is 6.92 Å². The molecule has 0 fully saturated rings. The van der Waals surface area contributed by atoms with Crippen molar-refractivity contribution in [2.75, 3.05) is 32.2 Å². The molecule has 2 N–H and O–H groups in total. The maximum absolute atomic E-state index is 12.3. The second-order valence-electron chi connectivity index (χ2n) is 7.07. The smallest absolute Gasteiger partial charge is 0.262 e. The highest BCUT2D eigenvalue weighted by atomic mass is 35.5. The van der Waals surface area contributed by atoms with Crippen molar-refractivity contribution in [1.82, 2.24) is 5.32 Å². The SMILES string of the molecule is COCCNC(=O)c1ccc(NC(=O)COc2cc(C)c(Cl)cc2C(C)C)cc1Cl. The van der Waals surface area contributed by atoms with Crippen LogP contribution in [0.15, 0.2) is 30.3 Å². The Kier molecular flexibility index (Phi) is 8.96. The third kappa shape index (κ3) is 6.62. The third-order valence-electron chi connectivity index (χ3n) is 4.36. The average molecular weight is 453 g/mol. The molecule has 8 heteroatoms. The van der Waals surface area contributed by atoms with Gasteiger partial charge in [-0.05, 0) is 54.3 Å². The molecule has 0 heterocycles. The van der Waals surface area contributed by atoms with Gasteiger partial charge in [0.05, 0.1) is 17.2 Å². The first kappa shape index (κ1) is 24.0. The minimum atomic E-state index is -0.342. The van der Waals surface area contributed by atoms with Gasteiger partial charge in [-0.3, -0.25) is 9.59 Å². The third-order valence-corrected chi connectivity index (χ3v) is 5.08. The predicted molar refractivity (Wildman–Crippen MR) is 120 cm³/mol. The first-order chi connectivity index (χ1) is 14.2. The molecule has 0 bridgehead atoms. The van der Waals surface area contributed by atoms with E-state index in [0.717, 1.165) is 11.1 Å². The Balaban J connectivity index is 2.00. The van der Waals surface area contributed by atoms with E-state index < -0.39 is 0 Å². The van der Waals surface area contributed by atoms with Crippen LogP contribution in [0.1, 0.15) is 41.3 Å². The first-order valence-electron chi connectivity index (χ1n) is 9.52. The van der Waals surface area contributed by atoms with Crippen molar-refractivity contribution in [2.24, 2.45) is 0 Å².